The molecule has 0 spiro atoms. The van der Waals surface area contributed by atoms with Crippen molar-refractivity contribution in [3.63, 3.8) is 0 Å². The topological polar surface area (TPSA) is 16.4 Å². The SMILES string of the molecule is c1ccc(-c2cccc3c2oc2ccc(-c4ccc(N(c5ccc(-c6cccc7ccccc67)cc5)c5ccc6ccccc6c5)cc4)cc23)cc1. The third-order valence-corrected chi connectivity index (χ3v) is 10.3. The molecule has 2 nitrogen and oxygen atoms in total. The molecule has 0 aliphatic carbocycles. The first-order valence-electron chi connectivity index (χ1n) is 17.8. The summed E-state index contributed by atoms with van der Waals surface area (Å²) in [5.74, 6) is 0. The number of nitrogens with zero attached hydrogens (tertiary/aromatic N) is 1. The van der Waals surface area contributed by atoms with Crippen molar-refractivity contribution in [3.05, 3.63) is 200 Å². The third-order valence-electron chi connectivity index (χ3n) is 10.3. The molecule has 0 unspecified atom stereocenters. The maximum absolute atomic E-state index is 6.46. The highest BCUT2D eigenvalue weighted by Crippen LogP contribution is 2.40. The number of fused-ring (bicyclic) bond motifs is 5. The van der Waals surface area contributed by atoms with Gasteiger partial charge in [-0.15, -0.1) is 0 Å². The maximum Gasteiger partial charge on any atom is 0.143 e. The monoisotopic (exact) mass is 663 g/mol. The standard InChI is InChI=1S/C50H33NO/c1-2-11-37(12-3-1)46-18-9-19-47-48-33-40(25-31-49(48)52-50(46)47)35-20-26-41(27-21-35)51(43-30-22-34-10-4-5-14-39(34)32-43)42-28-23-38(24-29-42)45-17-8-15-36-13-6-7-16-44(36)45/h1-33H. The number of anilines is 3. The molecule has 0 fully saturated rings. The molecular formula is C50H33NO. The summed E-state index contributed by atoms with van der Waals surface area (Å²) >= 11 is 0. The van der Waals surface area contributed by atoms with E-state index >= 15 is 0 Å². The molecule has 2 heteroatoms. The molecule has 0 aliphatic heterocycles. The minimum absolute atomic E-state index is 0.896. The summed E-state index contributed by atoms with van der Waals surface area (Å²) in [6, 6.07) is 71.7. The molecule has 0 radical (unpaired) electrons. The van der Waals surface area contributed by atoms with Crippen LogP contribution >= 0.6 is 0 Å². The second-order valence-electron chi connectivity index (χ2n) is 13.3. The summed E-state index contributed by atoms with van der Waals surface area (Å²) in [4.78, 5) is 2.35. The van der Waals surface area contributed by atoms with E-state index in [1.807, 2.05) is 6.07 Å². The van der Waals surface area contributed by atoms with Crippen LogP contribution in [-0.2, 0) is 0 Å². The lowest BCUT2D eigenvalue weighted by molar-refractivity contribution is 0.670. The molecular weight excluding hydrogens is 631 g/mol. The van der Waals surface area contributed by atoms with Gasteiger partial charge in [-0.05, 0) is 97.9 Å². The molecule has 0 saturated heterocycles. The van der Waals surface area contributed by atoms with E-state index in [0.29, 0.717) is 0 Å². The largest absolute Gasteiger partial charge is 0.455 e. The Morgan fingerprint density at radius 2 is 0.885 bits per heavy atom. The molecule has 52 heavy (non-hydrogen) atoms. The van der Waals surface area contributed by atoms with Gasteiger partial charge in [0.1, 0.15) is 11.2 Å². The Balaban J connectivity index is 1.04. The van der Waals surface area contributed by atoms with Crippen molar-refractivity contribution in [2.24, 2.45) is 0 Å². The molecule has 0 atom stereocenters. The highest BCUT2D eigenvalue weighted by molar-refractivity contribution is 6.10. The number of furan rings is 1. The highest BCUT2D eigenvalue weighted by atomic mass is 16.3. The van der Waals surface area contributed by atoms with Gasteiger partial charge in [-0.3, -0.25) is 0 Å². The summed E-state index contributed by atoms with van der Waals surface area (Å²) in [5, 5.41) is 7.20. The quantitative estimate of drug-likeness (QED) is 0.176. The van der Waals surface area contributed by atoms with Crippen molar-refractivity contribution in [3.8, 4) is 33.4 Å². The van der Waals surface area contributed by atoms with Crippen molar-refractivity contribution in [2.75, 3.05) is 4.90 Å². The van der Waals surface area contributed by atoms with Crippen LogP contribution in [0.3, 0.4) is 0 Å². The van der Waals surface area contributed by atoms with Crippen molar-refractivity contribution < 1.29 is 4.42 Å². The Bertz CT molecular complexity index is 2880. The van der Waals surface area contributed by atoms with Crippen LogP contribution < -0.4 is 4.90 Å². The van der Waals surface area contributed by atoms with Gasteiger partial charge in [0, 0.05) is 33.4 Å². The van der Waals surface area contributed by atoms with Crippen LogP contribution in [0.2, 0.25) is 0 Å². The average Bonchev–Trinajstić information content (AvgIpc) is 3.60. The lowest BCUT2D eigenvalue weighted by Crippen LogP contribution is -2.09. The summed E-state index contributed by atoms with van der Waals surface area (Å²) in [5.41, 5.74) is 12.2. The first kappa shape index (κ1) is 30.0. The summed E-state index contributed by atoms with van der Waals surface area (Å²) < 4.78 is 6.46. The van der Waals surface area contributed by atoms with E-state index in [1.165, 1.54) is 32.7 Å². The van der Waals surface area contributed by atoms with Gasteiger partial charge in [0.15, 0.2) is 0 Å². The zero-order valence-electron chi connectivity index (χ0n) is 28.4. The zero-order valence-corrected chi connectivity index (χ0v) is 28.4. The molecule has 1 heterocycles. The van der Waals surface area contributed by atoms with E-state index in [0.717, 1.165) is 61.3 Å². The Morgan fingerprint density at radius 1 is 0.308 bits per heavy atom. The number of rotatable bonds is 6. The van der Waals surface area contributed by atoms with Crippen LogP contribution in [0.15, 0.2) is 205 Å². The molecule has 244 valence electrons. The summed E-state index contributed by atoms with van der Waals surface area (Å²) in [7, 11) is 0. The van der Waals surface area contributed by atoms with E-state index in [1.54, 1.807) is 0 Å². The van der Waals surface area contributed by atoms with Crippen LogP contribution in [0.25, 0.3) is 76.9 Å². The van der Waals surface area contributed by atoms with Gasteiger partial charge in [0.25, 0.3) is 0 Å². The molecule has 9 aromatic carbocycles. The van der Waals surface area contributed by atoms with Crippen LogP contribution in [0.1, 0.15) is 0 Å². The predicted molar refractivity (Wildman–Crippen MR) is 220 cm³/mol. The predicted octanol–water partition coefficient (Wildman–Crippen LogP) is 14.4. The van der Waals surface area contributed by atoms with Gasteiger partial charge in [0.05, 0.1) is 0 Å². The molecule has 0 N–H and O–H groups in total. The Kier molecular flexibility index (Phi) is 7.18. The molecule has 0 aliphatic rings. The van der Waals surface area contributed by atoms with E-state index in [4.69, 9.17) is 4.42 Å². The smallest absolute Gasteiger partial charge is 0.143 e. The fourth-order valence-electron chi connectivity index (χ4n) is 7.66. The fraction of sp³-hybridized carbons (Fsp3) is 0. The Morgan fingerprint density at radius 3 is 1.69 bits per heavy atom. The van der Waals surface area contributed by atoms with Gasteiger partial charge in [-0.25, -0.2) is 0 Å². The van der Waals surface area contributed by atoms with E-state index < -0.39 is 0 Å². The van der Waals surface area contributed by atoms with Gasteiger partial charge in [-0.2, -0.15) is 0 Å². The van der Waals surface area contributed by atoms with Gasteiger partial charge >= 0.3 is 0 Å². The second-order valence-corrected chi connectivity index (χ2v) is 13.3. The maximum atomic E-state index is 6.46. The molecule has 1 aromatic heterocycles. The van der Waals surface area contributed by atoms with Crippen molar-refractivity contribution in [1.29, 1.82) is 0 Å². The number of benzene rings is 9. The lowest BCUT2D eigenvalue weighted by atomic mass is 9.98. The molecule has 0 amide bonds. The lowest BCUT2D eigenvalue weighted by Gasteiger charge is -2.26. The van der Waals surface area contributed by atoms with Gasteiger partial charge < -0.3 is 9.32 Å². The van der Waals surface area contributed by atoms with Crippen LogP contribution in [-0.4, -0.2) is 0 Å². The Hall–Kier alpha value is -6.90. The normalized spacial score (nSPS) is 11.5. The molecule has 10 aromatic rings. The van der Waals surface area contributed by atoms with E-state index in [-0.39, 0.29) is 0 Å². The first-order valence-corrected chi connectivity index (χ1v) is 17.8. The van der Waals surface area contributed by atoms with E-state index in [9.17, 15) is 0 Å². The molecule has 10 rings (SSSR count). The highest BCUT2D eigenvalue weighted by Gasteiger charge is 2.16. The molecule has 0 bridgehead atoms. The van der Waals surface area contributed by atoms with Crippen molar-refractivity contribution >= 4 is 60.5 Å². The number of para-hydroxylation sites is 1. The average molecular weight is 664 g/mol. The number of hydrogen-bond acceptors (Lipinski definition) is 2. The zero-order chi connectivity index (χ0) is 34.4. The van der Waals surface area contributed by atoms with E-state index in [2.05, 4.69) is 199 Å². The van der Waals surface area contributed by atoms with Gasteiger partial charge in [-0.1, -0.05) is 152 Å². The summed E-state index contributed by atoms with van der Waals surface area (Å²) in [6.45, 7) is 0. The Labute approximate surface area is 302 Å². The van der Waals surface area contributed by atoms with Gasteiger partial charge in [0.2, 0.25) is 0 Å². The minimum Gasteiger partial charge on any atom is -0.455 e. The first-order chi connectivity index (χ1) is 25.8. The number of hydrogen-bond donors (Lipinski definition) is 0. The minimum atomic E-state index is 0.896. The summed E-state index contributed by atoms with van der Waals surface area (Å²) in [6.07, 6.45) is 0. The fourth-order valence-corrected chi connectivity index (χ4v) is 7.66. The van der Waals surface area contributed by atoms with Crippen LogP contribution in [0.5, 0.6) is 0 Å². The van der Waals surface area contributed by atoms with Crippen LogP contribution in [0.4, 0.5) is 17.1 Å². The second kappa shape index (κ2) is 12.5. The van der Waals surface area contributed by atoms with Crippen molar-refractivity contribution in [2.45, 2.75) is 0 Å². The molecule has 0 saturated carbocycles. The van der Waals surface area contributed by atoms with Crippen molar-refractivity contribution in [1.82, 2.24) is 0 Å². The third kappa shape index (κ3) is 5.21. The van der Waals surface area contributed by atoms with Crippen LogP contribution in [0, 0.1) is 0 Å².